The molecule has 0 unspecified atom stereocenters. The molecular formula is C19H25N3O3. The highest BCUT2D eigenvalue weighted by Gasteiger charge is 2.36. The maximum absolute atomic E-state index is 12.5. The molecule has 2 N–H and O–H groups in total. The Kier molecular flexibility index (Phi) is 5.02. The number of anilines is 2. The molecular weight excluding hydrogens is 318 g/mol. The van der Waals surface area contributed by atoms with E-state index in [0.717, 1.165) is 0 Å². The molecule has 1 aromatic heterocycles. The van der Waals surface area contributed by atoms with Crippen LogP contribution in [0.4, 0.5) is 11.5 Å². The Hall–Kier alpha value is -2.63. The van der Waals surface area contributed by atoms with Gasteiger partial charge in [0.25, 0.3) is 0 Å². The molecule has 1 aromatic carbocycles. The number of nitrogens with one attached hydrogen (secondary N) is 2. The van der Waals surface area contributed by atoms with Crippen LogP contribution in [-0.2, 0) is 15.0 Å². The van der Waals surface area contributed by atoms with Crippen molar-refractivity contribution in [2.24, 2.45) is 5.41 Å². The monoisotopic (exact) mass is 343 g/mol. The van der Waals surface area contributed by atoms with E-state index in [1.807, 2.05) is 24.3 Å². The highest BCUT2D eigenvalue weighted by molar-refractivity contribution is 6.13. The number of nitrogens with zero attached hydrogens (tertiary/aromatic N) is 1. The second-order valence-corrected chi connectivity index (χ2v) is 7.68. The third-order valence-corrected chi connectivity index (χ3v) is 4.01. The predicted octanol–water partition coefficient (Wildman–Crippen LogP) is 3.88. The average molecular weight is 343 g/mol. The lowest BCUT2D eigenvalue weighted by molar-refractivity contribution is -0.135. The summed E-state index contributed by atoms with van der Waals surface area (Å²) in [6.07, 6.45) is 0. The van der Waals surface area contributed by atoms with Crippen LogP contribution in [0.15, 0.2) is 34.9 Å². The molecule has 2 aromatic rings. The van der Waals surface area contributed by atoms with Crippen LogP contribution >= 0.6 is 0 Å². The number of benzene rings is 1. The summed E-state index contributed by atoms with van der Waals surface area (Å²) in [6.45, 7) is 11.2. The molecule has 0 saturated heterocycles. The third-order valence-electron chi connectivity index (χ3n) is 4.01. The van der Waals surface area contributed by atoms with Crippen LogP contribution < -0.4 is 10.6 Å². The molecule has 2 amide bonds. The molecule has 0 spiro atoms. The highest BCUT2D eigenvalue weighted by atomic mass is 16.5. The normalized spacial score (nSPS) is 11.9. The molecule has 2 rings (SSSR count). The van der Waals surface area contributed by atoms with Crippen LogP contribution in [0.5, 0.6) is 0 Å². The SMILES string of the molecule is Cc1cc(NC(=O)C(C)(C)C(=O)Nc2ccc(C(C)(C)C)cc2)no1. The van der Waals surface area contributed by atoms with E-state index in [0.29, 0.717) is 11.4 Å². The molecule has 0 bridgehead atoms. The van der Waals surface area contributed by atoms with Crippen molar-refractivity contribution in [2.75, 3.05) is 10.6 Å². The van der Waals surface area contributed by atoms with E-state index in [9.17, 15) is 9.59 Å². The molecule has 134 valence electrons. The standard InChI is InChI=1S/C19H25N3O3/c1-12-11-15(22-25-12)21-17(24)19(5,6)16(23)20-14-9-7-13(8-10-14)18(2,3)4/h7-11H,1-6H3,(H,20,23)(H,21,22,24). The summed E-state index contributed by atoms with van der Waals surface area (Å²) < 4.78 is 4.91. The summed E-state index contributed by atoms with van der Waals surface area (Å²) in [7, 11) is 0. The minimum absolute atomic E-state index is 0.0391. The Morgan fingerprint density at radius 3 is 2.00 bits per heavy atom. The van der Waals surface area contributed by atoms with Crippen LogP contribution in [-0.4, -0.2) is 17.0 Å². The fourth-order valence-corrected chi connectivity index (χ4v) is 2.14. The van der Waals surface area contributed by atoms with Crippen molar-refractivity contribution < 1.29 is 14.1 Å². The number of carbonyl (C=O) groups is 2. The zero-order chi connectivity index (χ0) is 18.8. The summed E-state index contributed by atoms with van der Waals surface area (Å²) in [5.74, 6) is 0.0211. The molecule has 0 atom stereocenters. The first kappa shape index (κ1) is 18.7. The number of rotatable bonds is 4. The van der Waals surface area contributed by atoms with E-state index in [-0.39, 0.29) is 11.2 Å². The fourth-order valence-electron chi connectivity index (χ4n) is 2.14. The first-order valence-corrected chi connectivity index (χ1v) is 8.17. The second-order valence-electron chi connectivity index (χ2n) is 7.68. The van der Waals surface area contributed by atoms with Gasteiger partial charge in [-0.2, -0.15) is 0 Å². The van der Waals surface area contributed by atoms with Crippen molar-refractivity contribution in [3.05, 3.63) is 41.7 Å². The number of hydrogen-bond acceptors (Lipinski definition) is 4. The van der Waals surface area contributed by atoms with Crippen LogP contribution in [0, 0.1) is 12.3 Å². The lowest BCUT2D eigenvalue weighted by Gasteiger charge is -2.23. The van der Waals surface area contributed by atoms with Crippen molar-refractivity contribution >= 4 is 23.3 Å². The third kappa shape index (κ3) is 4.47. The zero-order valence-corrected chi connectivity index (χ0v) is 15.6. The van der Waals surface area contributed by atoms with Gasteiger partial charge < -0.3 is 15.2 Å². The number of carbonyl (C=O) groups excluding carboxylic acids is 2. The van der Waals surface area contributed by atoms with E-state index in [1.54, 1.807) is 26.8 Å². The van der Waals surface area contributed by atoms with Crippen molar-refractivity contribution in [3.8, 4) is 0 Å². The van der Waals surface area contributed by atoms with Crippen molar-refractivity contribution in [2.45, 2.75) is 47.0 Å². The predicted molar refractivity (Wildman–Crippen MR) is 97.4 cm³/mol. The number of hydrogen-bond donors (Lipinski definition) is 2. The molecule has 6 heteroatoms. The molecule has 0 aliphatic rings. The first-order valence-electron chi connectivity index (χ1n) is 8.17. The van der Waals surface area contributed by atoms with Gasteiger partial charge in [-0.05, 0) is 43.9 Å². The van der Waals surface area contributed by atoms with Crippen LogP contribution in [0.2, 0.25) is 0 Å². The lowest BCUT2D eigenvalue weighted by atomic mass is 9.87. The molecule has 0 aliphatic carbocycles. The largest absolute Gasteiger partial charge is 0.360 e. The highest BCUT2D eigenvalue weighted by Crippen LogP contribution is 2.25. The average Bonchev–Trinajstić information content (AvgIpc) is 2.91. The van der Waals surface area contributed by atoms with Crippen molar-refractivity contribution in [1.82, 2.24) is 5.16 Å². The molecule has 0 radical (unpaired) electrons. The van der Waals surface area contributed by atoms with Gasteiger partial charge >= 0.3 is 0 Å². The summed E-state index contributed by atoms with van der Waals surface area (Å²) in [5.41, 5.74) is 0.590. The zero-order valence-electron chi connectivity index (χ0n) is 15.6. The van der Waals surface area contributed by atoms with Gasteiger partial charge in [0, 0.05) is 11.8 Å². The lowest BCUT2D eigenvalue weighted by Crippen LogP contribution is -2.41. The maximum atomic E-state index is 12.5. The van der Waals surface area contributed by atoms with Crippen molar-refractivity contribution in [3.63, 3.8) is 0 Å². The Morgan fingerprint density at radius 1 is 0.960 bits per heavy atom. The molecule has 0 saturated carbocycles. The van der Waals surface area contributed by atoms with Gasteiger partial charge in [-0.1, -0.05) is 38.1 Å². The first-order chi connectivity index (χ1) is 11.5. The molecule has 6 nitrogen and oxygen atoms in total. The fraction of sp³-hybridized carbons (Fsp3) is 0.421. The smallest absolute Gasteiger partial charge is 0.240 e. The van der Waals surface area contributed by atoms with Gasteiger partial charge in [0.15, 0.2) is 5.82 Å². The number of aryl methyl sites for hydroxylation is 1. The van der Waals surface area contributed by atoms with Gasteiger partial charge in [-0.25, -0.2) is 0 Å². The van der Waals surface area contributed by atoms with Gasteiger partial charge in [-0.3, -0.25) is 9.59 Å². The van der Waals surface area contributed by atoms with Crippen molar-refractivity contribution in [1.29, 1.82) is 0 Å². The Labute approximate surface area is 148 Å². The molecule has 0 aliphatic heterocycles. The summed E-state index contributed by atoms with van der Waals surface area (Å²) in [6, 6.07) is 9.22. The summed E-state index contributed by atoms with van der Waals surface area (Å²) >= 11 is 0. The quantitative estimate of drug-likeness (QED) is 0.825. The summed E-state index contributed by atoms with van der Waals surface area (Å²) in [5, 5.41) is 9.09. The number of amides is 2. The van der Waals surface area contributed by atoms with E-state index in [1.165, 1.54) is 5.56 Å². The topological polar surface area (TPSA) is 84.2 Å². The Balaban J connectivity index is 2.06. The molecule has 25 heavy (non-hydrogen) atoms. The molecule has 1 heterocycles. The van der Waals surface area contributed by atoms with E-state index in [4.69, 9.17) is 4.52 Å². The van der Waals surface area contributed by atoms with Crippen LogP contribution in [0.25, 0.3) is 0 Å². The van der Waals surface area contributed by atoms with Gasteiger partial charge in [0.2, 0.25) is 11.8 Å². The minimum Gasteiger partial charge on any atom is -0.360 e. The van der Waals surface area contributed by atoms with E-state index < -0.39 is 17.2 Å². The van der Waals surface area contributed by atoms with Gasteiger partial charge in [-0.15, -0.1) is 0 Å². The number of aromatic nitrogens is 1. The van der Waals surface area contributed by atoms with Gasteiger partial charge in [0.05, 0.1) is 0 Å². The van der Waals surface area contributed by atoms with E-state index in [2.05, 4.69) is 36.6 Å². The van der Waals surface area contributed by atoms with Crippen LogP contribution in [0.1, 0.15) is 45.9 Å². The van der Waals surface area contributed by atoms with Gasteiger partial charge in [0.1, 0.15) is 11.2 Å². The van der Waals surface area contributed by atoms with Crippen LogP contribution in [0.3, 0.4) is 0 Å². The minimum atomic E-state index is -1.27. The summed E-state index contributed by atoms with van der Waals surface area (Å²) in [4.78, 5) is 24.9. The Bertz CT molecular complexity index is 768. The maximum Gasteiger partial charge on any atom is 0.240 e. The second kappa shape index (κ2) is 6.70. The molecule has 0 fully saturated rings. The Morgan fingerprint density at radius 2 is 1.52 bits per heavy atom. The van der Waals surface area contributed by atoms with E-state index >= 15 is 0 Å².